The molecule has 1 aliphatic carbocycles. The maximum atomic E-state index is 11.2. The Morgan fingerprint density at radius 2 is 1.36 bits per heavy atom. The average molecular weight is 527 g/mol. The molecule has 6 heteroatoms. The van der Waals surface area contributed by atoms with Crippen LogP contribution in [0.3, 0.4) is 0 Å². The molecule has 0 amide bonds. The molecule has 0 heterocycles. The molecular formula is C30H54O5S. The fourth-order valence-corrected chi connectivity index (χ4v) is 6.51. The second kappa shape index (κ2) is 22.0. The van der Waals surface area contributed by atoms with Gasteiger partial charge in [0.25, 0.3) is 0 Å². The Morgan fingerprint density at radius 3 is 1.94 bits per heavy atom. The summed E-state index contributed by atoms with van der Waals surface area (Å²) in [5.74, 6) is -1.28. The number of carbonyl (C=O) groups is 2. The highest BCUT2D eigenvalue weighted by atomic mass is 32.2. The van der Waals surface area contributed by atoms with Crippen molar-refractivity contribution >= 4 is 23.7 Å². The van der Waals surface area contributed by atoms with Gasteiger partial charge in [-0.1, -0.05) is 108 Å². The van der Waals surface area contributed by atoms with Crippen LogP contribution in [0.2, 0.25) is 0 Å². The number of hydrogen-bond acceptors (Lipinski definition) is 4. The van der Waals surface area contributed by atoms with Gasteiger partial charge in [-0.15, -0.1) is 11.8 Å². The van der Waals surface area contributed by atoms with E-state index in [2.05, 4.69) is 13.0 Å². The first kappa shape index (κ1) is 33.0. The smallest absolute Gasteiger partial charge is 0.313 e. The van der Waals surface area contributed by atoms with Crippen LogP contribution in [0, 0.1) is 5.92 Å². The molecule has 0 spiro atoms. The summed E-state index contributed by atoms with van der Waals surface area (Å²) in [5, 5.41) is 28.9. The van der Waals surface area contributed by atoms with E-state index in [0.29, 0.717) is 0 Å². The molecule has 0 aromatic heterocycles. The van der Waals surface area contributed by atoms with Crippen LogP contribution in [0.5, 0.6) is 0 Å². The predicted octanol–water partition coefficient (Wildman–Crippen LogP) is 8.39. The second-order valence-electron chi connectivity index (χ2n) is 10.7. The molecule has 3 atom stereocenters. The molecule has 3 N–H and O–H groups in total. The van der Waals surface area contributed by atoms with Gasteiger partial charge in [0.1, 0.15) is 0 Å². The summed E-state index contributed by atoms with van der Waals surface area (Å²) in [6, 6.07) is 0. The molecule has 0 unspecified atom stereocenters. The number of hydrogen-bond donors (Lipinski definition) is 3. The zero-order chi connectivity index (χ0) is 26.4. The van der Waals surface area contributed by atoms with Gasteiger partial charge >= 0.3 is 11.9 Å². The molecular weight excluding hydrogens is 472 g/mol. The van der Waals surface area contributed by atoms with Crippen molar-refractivity contribution in [1.29, 1.82) is 0 Å². The highest BCUT2D eigenvalue weighted by Gasteiger charge is 2.35. The van der Waals surface area contributed by atoms with Crippen LogP contribution in [0.25, 0.3) is 0 Å². The van der Waals surface area contributed by atoms with Crippen molar-refractivity contribution in [1.82, 2.24) is 0 Å². The van der Waals surface area contributed by atoms with E-state index >= 15 is 0 Å². The first-order valence-corrected chi connectivity index (χ1v) is 15.9. The largest absolute Gasteiger partial charge is 0.481 e. The van der Waals surface area contributed by atoms with Crippen molar-refractivity contribution in [2.24, 2.45) is 5.92 Å². The number of rotatable bonds is 23. The van der Waals surface area contributed by atoms with Crippen molar-refractivity contribution in [2.75, 3.05) is 5.75 Å². The Hall–Kier alpha value is -1.01. The summed E-state index contributed by atoms with van der Waals surface area (Å²) in [6.07, 6.45) is 25.5. The molecule has 36 heavy (non-hydrogen) atoms. The Morgan fingerprint density at radius 1 is 0.806 bits per heavy atom. The van der Waals surface area contributed by atoms with Crippen molar-refractivity contribution in [3.63, 3.8) is 0 Å². The monoisotopic (exact) mass is 526 g/mol. The lowest BCUT2D eigenvalue weighted by molar-refractivity contribution is -0.137. The molecule has 1 fully saturated rings. The zero-order valence-electron chi connectivity index (χ0n) is 22.9. The van der Waals surface area contributed by atoms with Crippen molar-refractivity contribution < 1.29 is 24.9 Å². The maximum absolute atomic E-state index is 11.2. The van der Waals surface area contributed by atoms with E-state index in [1.54, 1.807) is 0 Å². The van der Waals surface area contributed by atoms with Crippen LogP contribution in [0.4, 0.5) is 0 Å². The molecule has 0 aliphatic heterocycles. The van der Waals surface area contributed by atoms with E-state index in [1.165, 1.54) is 88.0 Å². The number of carboxylic acids is 2. The number of aliphatic hydroxyl groups excluding tert-OH is 1. The number of carboxylic acid groups (broad SMARTS) is 2. The third-order valence-electron chi connectivity index (χ3n) is 7.53. The first-order valence-electron chi connectivity index (χ1n) is 14.9. The first-order chi connectivity index (χ1) is 17.5. The van der Waals surface area contributed by atoms with E-state index in [4.69, 9.17) is 5.11 Å². The maximum Gasteiger partial charge on any atom is 0.313 e. The van der Waals surface area contributed by atoms with Gasteiger partial charge in [-0.05, 0) is 44.4 Å². The summed E-state index contributed by atoms with van der Waals surface area (Å²) in [7, 11) is 0. The molecule has 0 bridgehead atoms. The highest BCUT2D eigenvalue weighted by molar-refractivity contribution is 8.00. The van der Waals surface area contributed by atoms with Crippen LogP contribution >= 0.6 is 11.8 Å². The standard InChI is InChI=1S/C30H54O5S/c1-2-3-4-5-6-7-8-9-10-11-13-17-20-26-23-22-25(29(35)30(26)36-24-28(33)34)19-16-14-12-15-18-21-27(31)32/h20,25,29-30,35H,2-19,21-24H2,1H3,(H,31,32)(H,33,34)/b26-20+/t25-,29+,30+/m1/s1. The van der Waals surface area contributed by atoms with E-state index in [0.717, 1.165) is 57.8 Å². The normalized spacial score (nSPS) is 21.2. The fraction of sp³-hybridized carbons (Fsp3) is 0.867. The van der Waals surface area contributed by atoms with Crippen molar-refractivity contribution in [3.8, 4) is 0 Å². The SMILES string of the molecule is CCCCCCCCCCCCC/C=C1\CC[C@@H](CCCCCCCC(=O)O)[C@H](O)[C@H]1SCC(=O)O. The van der Waals surface area contributed by atoms with Gasteiger partial charge < -0.3 is 15.3 Å². The summed E-state index contributed by atoms with van der Waals surface area (Å²) in [6.45, 7) is 2.26. The van der Waals surface area contributed by atoms with E-state index in [9.17, 15) is 19.8 Å². The minimum atomic E-state index is -0.819. The molecule has 1 rings (SSSR count). The number of aliphatic hydroxyl groups is 1. The Kier molecular flexibility index (Phi) is 20.2. The highest BCUT2D eigenvalue weighted by Crippen LogP contribution is 2.39. The van der Waals surface area contributed by atoms with Gasteiger partial charge in [0.15, 0.2) is 0 Å². The molecule has 0 aromatic carbocycles. The van der Waals surface area contributed by atoms with Gasteiger partial charge in [0.05, 0.1) is 17.1 Å². The van der Waals surface area contributed by atoms with Gasteiger partial charge in [-0.2, -0.15) is 0 Å². The number of thioether (sulfide) groups is 1. The van der Waals surface area contributed by atoms with Gasteiger partial charge in [0, 0.05) is 6.42 Å². The van der Waals surface area contributed by atoms with E-state index < -0.39 is 18.0 Å². The summed E-state index contributed by atoms with van der Waals surface area (Å²) >= 11 is 1.39. The quantitative estimate of drug-likeness (QED) is 0.0914. The molecule has 0 radical (unpaired) electrons. The van der Waals surface area contributed by atoms with Crippen LogP contribution < -0.4 is 0 Å². The zero-order valence-corrected chi connectivity index (χ0v) is 23.7. The molecule has 1 aliphatic rings. The Balaban J connectivity index is 2.30. The third kappa shape index (κ3) is 16.7. The lowest BCUT2D eigenvalue weighted by atomic mass is 9.79. The van der Waals surface area contributed by atoms with E-state index in [1.807, 2.05) is 0 Å². The fourth-order valence-electron chi connectivity index (χ4n) is 5.34. The van der Waals surface area contributed by atoms with Gasteiger partial charge in [-0.3, -0.25) is 9.59 Å². The molecule has 5 nitrogen and oxygen atoms in total. The topological polar surface area (TPSA) is 94.8 Å². The van der Waals surface area contributed by atoms with Crippen LogP contribution in [-0.2, 0) is 9.59 Å². The third-order valence-corrected chi connectivity index (χ3v) is 8.88. The molecule has 1 saturated carbocycles. The summed E-state index contributed by atoms with van der Waals surface area (Å²) in [5.41, 5.74) is 1.26. The van der Waals surface area contributed by atoms with E-state index in [-0.39, 0.29) is 23.3 Å². The molecule has 0 saturated heterocycles. The van der Waals surface area contributed by atoms with Gasteiger partial charge in [-0.25, -0.2) is 0 Å². The second-order valence-corrected chi connectivity index (χ2v) is 11.8. The Labute approximate surface area is 224 Å². The van der Waals surface area contributed by atoms with Crippen LogP contribution in [0.1, 0.15) is 142 Å². The van der Waals surface area contributed by atoms with Gasteiger partial charge in [0.2, 0.25) is 0 Å². The van der Waals surface area contributed by atoms with Crippen molar-refractivity contribution in [3.05, 3.63) is 11.6 Å². The number of unbranched alkanes of at least 4 members (excludes halogenated alkanes) is 15. The Bertz CT molecular complexity index is 606. The lowest BCUT2D eigenvalue weighted by Gasteiger charge is -2.36. The number of allylic oxidation sites excluding steroid dienone is 1. The molecule has 210 valence electrons. The number of aliphatic carboxylic acids is 2. The van der Waals surface area contributed by atoms with Crippen LogP contribution in [0.15, 0.2) is 11.6 Å². The minimum absolute atomic E-state index is 0.0355. The predicted molar refractivity (Wildman–Crippen MR) is 152 cm³/mol. The minimum Gasteiger partial charge on any atom is -0.481 e. The summed E-state index contributed by atoms with van der Waals surface area (Å²) < 4.78 is 0. The summed E-state index contributed by atoms with van der Waals surface area (Å²) in [4.78, 5) is 21.8. The average Bonchev–Trinajstić information content (AvgIpc) is 2.84. The molecule has 0 aromatic rings. The lowest BCUT2D eigenvalue weighted by Crippen LogP contribution is -2.37. The van der Waals surface area contributed by atoms with Crippen LogP contribution in [-0.4, -0.2) is 44.4 Å². The van der Waals surface area contributed by atoms with Crippen molar-refractivity contribution in [2.45, 2.75) is 153 Å².